The molecule has 0 bridgehead atoms. The van der Waals surface area contributed by atoms with Gasteiger partial charge >= 0.3 is 0 Å². The first-order chi connectivity index (χ1) is 9.11. The summed E-state index contributed by atoms with van der Waals surface area (Å²) in [6.07, 6.45) is -0.456. The van der Waals surface area contributed by atoms with Gasteiger partial charge in [0.25, 0.3) is 0 Å². The lowest BCUT2D eigenvalue weighted by Crippen LogP contribution is -2.44. The van der Waals surface area contributed by atoms with E-state index in [-0.39, 0.29) is 0 Å². The molecule has 106 valence electrons. The fraction of sp³-hybridized carbons (Fsp3) is 0.571. The second-order valence-electron chi connectivity index (χ2n) is 5.07. The third-order valence-corrected chi connectivity index (χ3v) is 4.23. The fourth-order valence-electron chi connectivity index (χ4n) is 2.35. The molecule has 0 aromatic heterocycles. The van der Waals surface area contributed by atoms with Crippen LogP contribution in [0.3, 0.4) is 0 Å². The topological polar surface area (TPSA) is 38.7 Å². The number of nitrogens with zero attached hydrogens (tertiary/aromatic N) is 2. The lowest BCUT2D eigenvalue weighted by atomic mass is 10.1. The van der Waals surface area contributed by atoms with Gasteiger partial charge in [0.15, 0.2) is 0 Å². The molecule has 19 heavy (non-hydrogen) atoms. The van der Waals surface area contributed by atoms with Crippen molar-refractivity contribution in [2.45, 2.75) is 6.10 Å². The highest BCUT2D eigenvalue weighted by atomic mass is 79.9. The Hall–Kier alpha value is -0.620. The van der Waals surface area contributed by atoms with E-state index in [1.807, 2.05) is 19.2 Å². The number of hydrogen-bond acceptors (Lipinski definition) is 4. The SMILES string of the molecule is CNCC(O)c1ccc(N2CCN(C)CC2)c(Br)c1. The van der Waals surface area contributed by atoms with Crippen LogP contribution in [0.1, 0.15) is 11.7 Å². The Morgan fingerprint density at radius 1 is 1.32 bits per heavy atom. The molecule has 1 heterocycles. The number of piperazine rings is 1. The molecule has 0 amide bonds. The quantitative estimate of drug-likeness (QED) is 0.878. The number of likely N-dealkylation sites (N-methyl/N-ethyl adjacent to an activating group) is 2. The number of anilines is 1. The van der Waals surface area contributed by atoms with Gasteiger partial charge in [-0.15, -0.1) is 0 Å². The molecule has 2 N–H and O–H groups in total. The smallest absolute Gasteiger partial charge is 0.0914 e. The molecule has 4 nitrogen and oxygen atoms in total. The van der Waals surface area contributed by atoms with Crippen molar-refractivity contribution in [1.82, 2.24) is 10.2 Å². The van der Waals surface area contributed by atoms with Gasteiger partial charge in [-0.25, -0.2) is 0 Å². The summed E-state index contributed by atoms with van der Waals surface area (Å²) in [5.41, 5.74) is 2.16. The van der Waals surface area contributed by atoms with E-state index in [4.69, 9.17) is 0 Å². The average molecular weight is 328 g/mol. The maximum Gasteiger partial charge on any atom is 0.0914 e. The minimum Gasteiger partial charge on any atom is -0.387 e. The zero-order chi connectivity index (χ0) is 13.8. The molecular weight excluding hydrogens is 306 g/mol. The minimum absolute atomic E-state index is 0.456. The predicted octanol–water partition coefficient (Wildman–Crippen LogP) is 1.45. The van der Waals surface area contributed by atoms with Gasteiger partial charge in [0.05, 0.1) is 11.8 Å². The molecule has 1 atom stereocenters. The third kappa shape index (κ3) is 3.69. The number of rotatable bonds is 4. The van der Waals surface area contributed by atoms with Gasteiger partial charge in [-0.2, -0.15) is 0 Å². The van der Waals surface area contributed by atoms with Crippen molar-refractivity contribution in [2.75, 3.05) is 51.7 Å². The maximum atomic E-state index is 9.98. The van der Waals surface area contributed by atoms with Crippen molar-refractivity contribution in [2.24, 2.45) is 0 Å². The van der Waals surface area contributed by atoms with E-state index >= 15 is 0 Å². The standard InChI is InChI=1S/C14H22BrN3O/c1-16-10-14(19)11-3-4-13(12(15)9-11)18-7-5-17(2)6-8-18/h3-4,9,14,16,19H,5-8,10H2,1-2H3. The first kappa shape index (κ1) is 14.8. The molecule has 0 radical (unpaired) electrons. The molecule has 2 rings (SSSR count). The minimum atomic E-state index is -0.456. The molecule has 5 heteroatoms. The van der Waals surface area contributed by atoms with E-state index in [2.05, 4.69) is 44.2 Å². The van der Waals surface area contributed by atoms with Gasteiger partial charge in [-0.3, -0.25) is 0 Å². The largest absolute Gasteiger partial charge is 0.387 e. The van der Waals surface area contributed by atoms with Gasteiger partial charge in [-0.1, -0.05) is 6.07 Å². The normalized spacial score (nSPS) is 18.6. The first-order valence-electron chi connectivity index (χ1n) is 6.67. The van der Waals surface area contributed by atoms with Crippen LogP contribution in [0.2, 0.25) is 0 Å². The van der Waals surface area contributed by atoms with Gasteiger partial charge in [0.1, 0.15) is 0 Å². The summed E-state index contributed by atoms with van der Waals surface area (Å²) in [6.45, 7) is 4.86. The van der Waals surface area contributed by atoms with Crippen molar-refractivity contribution in [3.63, 3.8) is 0 Å². The van der Waals surface area contributed by atoms with E-state index in [9.17, 15) is 5.11 Å². The molecular formula is C14H22BrN3O. The van der Waals surface area contributed by atoms with Gasteiger partial charge in [0.2, 0.25) is 0 Å². The van der Waals surface area contributed by atoms with E-state index in [1.165, 1.54) is 5.69 Å². The number of hydrogen-bond donors (Lipinski definition) is 2. The predicted molar refractivity (Wildman–Crippen MR) is 82.7 cm³/mol. The van der Waals surface area contributed by atoms with Crippen molar-refractivity contribution in [3.8, 4) is 0 Å². The van der Waals surface area contributed by atoms with E-state index in [1.54, 1.807) is 0 Å². The molecule has 1 aliphatic rings. The summed E-state index contributed by atoms with van der Waals surface area (Å²) in [5.74, 6) is 0. The highest BCUT2D eigenvalue weighted by Crippen LogP contribution is 2.30. The van der Waals surface area contributed by atoms with Crippen LogP contribution < -0.4 is 10.2 Å². The zero-order valence-corrected chi connectivity index (χ0v) is 13.2. The average Bonchev–Trinajstić information content (AvgIpc) is 2.40. The number of aliphatic hydroxyl groups excluding tert-OH is 1. The second kappa shape index (κ2) is 6.70. The van der Waals surface area contributed by atoms with Crippen LogP contribution in [0.25, 0.3) is 0 Å². The maximum absolute atomic E-state index is 9.98. The Kier molecular flexibility index (Phi) is 5.21. The Morgan fingerprint density at radius 3 is 2.58 bits per heavy atom. The van der Waals surface area contributed by atoms with E-state index in [0.29, 0.717) is 6.54 Å². The number of nitrogens with one attached hydrogen (secondary N) is 1. The molecule has 1 aromatic carbocycles. The van der Waals surface area contributed by atoms with E-state index < -0.39 is 6.10 Å². The monoisotopic (exact) mass is 327 g/mol. The van der Waals surface area contributed by atoms with Crippen molar-refractivity contribution in [3.05, 3.63) is 28.2 Å². The Balaban J connectivity index is 2.10. The Morgan fingerprint density at radius 2 is 2.00 bits per heavy atom. The number of aliphatic hydroxyl groups is 1. The molecule has 0 spiro atoms. The molecule has 1 fully saturated rings. The second-order valence-corrected chi connectivity index (χ2v) is 5.93. The summed E-state index contributed by atoms with van der Waals surface area (Å²) >= 11 is 3.63. The van der Waals surface area contributed by atoms with Crippen LogP contribution in [-0.2, 0) is 0 Å². The highest BCUT2D eigenvalue weighted by molar-refractivity contribution is 9.10. The summed E-state index contributed by atoms with van der Waals surface area (Å²) in [5, 5.41) is 13.0. The summed E-state index contributed by atoms with van der Waals surface area (Å²) in [4.78, 5) is 4.73. The van der Waals surface area contributed by atoms with Gasteiger partial charge < -0.3 is 20.2 Å². The van der Waals surface area contributed by atoms with E-state index in [0.717, 1.165) is 36.2 Å². The van der Waals surface area contributed by atoms with Gasteiger partial charge in [0, 0.05) is 37.2 Å². The Bertz CT molecular complexity index is 419. The van der Waals surface area contributed by atoms with Crippen LogP contribution in [0, 0.1) is 0 Å². The molecule has 1 saturated heterocycles. The van der Waals surface area contributed by atoms with Crippen LogP contribution >= 0.6 is 15.9 Å². The Labute approximate surface area is 123 Å². The lowest BCUT2D eigenvalue weighted by Gasteiger charge is -2.34. The third-order valence-electron chi connectivity index (χ3n) is 3.60. The molecule has 1 aliphatic heterocycles. The van der Waals surface area contributed by atoms with Crippen LogP contribution in [0.4, 0.5) is 5.69 Å². The first-order valence-corrected chi connectivity index (χ1v) is 7.46. The fourth-order valence-corrected chi connectivity index (χ4v) is 2.99. The summed E-state index contributed by atoms with van der Waals surface area (Å²) < 4.78 is 1.06. The molecule has 0 aliphatic carbocycles. The van der Waals surface area contributed by atoms with Crippen LogP contribution in [0.15, 0.2) is 22.7 Å². The van der Waals surface area contributed by atoms with Crippen molar-refractivity contribution < 1.29 is 5.11 Å². The van der Waals surface area contributed by atoms with Crippen molar-refractivity contribution in [1.29, 1.82) is 0 Å². The summed E-state index contributed by atoms with van der Waals surface area (Å²) in [7, 11) is 4.00. The van der Waals surface area contributed by atoms with Gasteiger partial charge in [-0.05, 0) is 47.7 Å². The lowest BCUT2D eigenvalue weighted by molar-refractivity contribution is 0.177. The molecule has 1 aromatic rings. The zero-order valence-electron chi connectivity index (χ0n) is 11.6. The molecule has 0 saturated carbocycles. The highest BCUT2D eigenvalue weighted by Gasteiger charge is 2.17. The molecule has 1 unspecified atom stereocenters. The summed E-state index contributed by atoms with van der Waals surface area (Å²) in [6, 6.07) is 6.14. The number of halogens is 1. The van der Waals surface area contributed by atoms with Crippen LogP contribution in [0.5, 0.6) is 0 Å². The van der Waals surface area contributed by atoms with Crippen molar-refractivity contribution >= 4 is 21.6 Å². The number of benzene rings is 1. The van der Waals surface area contributed by atoms with Crippen LogP contribution in [-0.4, -0.2) is 56.8 Å².